The van der Waals surface area contributed by atoms with Gasteiger partial charge in [-0.05, 0) is 68.6 Å². The zero-order valence-corrected chi connectivity index (χ0v) is 18.0. The normalized spacial score (nSPS) is 31.0. The molecule has 5 aliphatic rings. The molecule has 0 unspecified atom stereocenters. The smallest absolute Gasteiger partial charge is 0.337 e. The highest BCUT2D eigenvalue weighted by Gasteiger charge is 2.51. The summed E-state index contributed by atoms with van der Waals surface area (Å²) in [5.41, 5.74) is 0.511. The summed E-state index contributed by atoms with van der Waals surface area (Å²) in [4.78, 5) is 48.2. The van der Waals surface area contributed by atoms with Crippen LogP contribution in [0.1, 0.15) is 51.9 Å². The molecule has 4 bridgehead atoms. The number of urea groups is 1. The predicted octanol–water partition coefficient (Wildman–Crippen LogP) is 1.38. The molecule has 0 atom stereocenters. The van der Waals surface area contributed by atoms with Crippen LogP contribution in [0.3, 0.4) is 0 Å². The fourth-order valence-electron chi connectivity index (χ4n) is 6.35. The Morgan fingerprint density at radius 3 is 2.32 bits per heavy atom. The van der Waals surface area contributed by atoms with E-state index in [9.17, 15) is 19.2 Å². The summed E-state index contributed by atoms with van der Waals surface area (Å²) in [6.07, 6.45) is 7.85. The first-order chi connectivity index (χ1) is 14.9. The molecule has 5 rings (SSSR count). The van der Waals surface area contributed by atoms with Crippen LogP contribution < -0.4 is 16.0 Å². The van der Waals surface area contributed by atoms with Gasteiger partial charge in [0.2, 0.25) is 5.91 Å². The molecule has 0 saturated heterocycles. The predicted molar refractivity (Wildman–Crippen MR) is 109 cm³/mol. The Labute approximate surface area is 181 Å². The molecule has 170 valence electrons. The average Bonchev–Trinajstić information content (AvgIpc) is 2.69. The lowest BCUT2D eigenvalue weighted by Gasteiger charge is -2.56. The molecule has 9 heteroatoms. The molecule has 0 aromatic heterocycles. The number of hydrogen-bond donors (Lipinski definition) is 3. The lowest BCUT2D eigenvalue weighted by atomic mass is 9.49. The summed E-state index contributed by atoms with van der Waals surface area (Å²) < 4.78 is 10.1. The van der Waals surface area contributed by atoms with Gasteiger partial charge in [-0.3, -0.25) is 9.59 Å². The van der Waals surface area contributed by atoms with Gasteiger partial charge in [0.05, 0.1) is 24.4 Å². The molecule has 1 heterocycles. The zero-order valence-electron chi connectivity index (χ0n) is 18.0. The fourth-order valence-corrected chi connectivity index (χ4v) is 6.35. The molecule has 3 amide bonds. The standard InChI is InChI=1S/C22H31N3O6/c1-2-30-20(28)16-10-24-21(29)25-17(16)12-31-19(27)11-23-18(26)9-22-6-13-3-14(7-22)5-15(4-13)8-22/h13-15H,2-12H2,1H3,(H,23,26)(H2,24,25,29). The lowest BCUT2D eigenvalue weighted by molar-refractivity contribution is -0.144. The van der Waals surface area contributed by atoms with Crippen LogP contribution in [0.2, 0.25) is 0 Å². The maximum atomic E-state index is 12.5. The first-order valence-corrected chi connectivity index (χ1v) is 11.2. The van der Waals surface area contributed by atoms with Gasteiger partial charge in [0.15, 0.2) is 0 Å². The molecule has 4 saturated carbocycles. The number of ether oxygens (including phenoxy) is 2. The van der Waals surface area contributed by atoms with Crippen molar-refractivity contribution in [2.75, 3.05) is 26.3 Å². The quantitative estimate of drug-likeness (QED) is 0.497. The van der Waals surface area contributed by atoms with Crippen molar-refractivity contribution in [1.29, 1.82) is 0 Å². The summed E-state index contributed by atoms with van der Waals surface area (Å²) in [6, 6.07) is -0.483. The van der Waals surface area contributed by atoms with Crippen molar-refractivity contribution in [3.8, 4) is 0 Å². The molecule has 31 heavy (non-hydrogen) atoms. The Morgan fingerprint density at radius 2 is 1.71 bits per heavy atom. The van der Waals surface area contributed by atoms with E-state index in [0.717, 1.165) is 37.0 Å². The van der Waals surface area contributed by atoms with Gasteiger partial charge < -0.3 is 25.4 Å². The van der Waals surface area contributed by atoms with Crippen LogP contribution in [0.15, 0.2) is 11.3 Å². The molecule has 4 fully saturated rings. The molecule has 0 aromatic rings. The topological polar surface area (TPSA) is 123 Å². The van der Waals surface area contributed by atoms with Crippen molar-refractivity contribution in [1.82, 2.24) is 16.0 Å². The summed E-state index contributed by atoms with van der Waals surface area (Å²) >= 11 is 0. The van der Waals surface area contributed by atoms with E-state index in [-0.39, 0.29) is 48.9 Å². The summed E-state index contributed by atoms with van der Waals surface area (Å²) in [5, 5.41) is 7.65. The fraction of sp³-hybridized carbons (Fsp3) is 0.727. The number of hydrogen-bond acceptors (Lipinski definition) is 6. The van der Waals surface area contributed by atoms with Crippen molar-refractivity contribution in [3.05, 3.63) is 11.3 Å². The third kappa shape index (κ3) is 5.02. The van der Waals surface area contributed by atoms with Gasteiger partial charge in [-0.25, -0.2) is 9.59 Å². The highest BCUT2D eigenvalue weighted by molar-refractivity contribution is 5.93. The van der Waals surface area contributed by atoms with E-state index >= 15 is 0 Å². The van der Waals surface area contributed by atoms with Crippen LogP contribution in [0.4, 0.5) is 4.79 Å². The minimum Gasteiger partial charge on any atom is -0.463 e. The Balaban J connectivity index is 1.25. The minimum atomic E-state index is -0.623. The SMILES string of the molecule is CCOC(=O)C1=C(COC(=O)CNC(=O)CC23CC4CC(CC(C4)C2)C3)NC(=O)NC1. The molecule has 0 aromatic carbocycles. The molecular weight excluding hydrogens is 402 g/mol. The van der Waals surface area contributed by atoms with Crippen molar-refractivity contribution >= 4 is 23.9 Å². The van der Waals surface area contributed by atoms with Crippen LogP contribution in [-0.4, -0.2) is 50.2 Å². The second-order valence-electron chi connectivity index (χ2n) is 9.52. The minimum absolute atomic E-state index is 0.000644. The molecule has 9 nitrogen and oxygen atoms in total. The Bertz CT molecular complexity index is 770. The maximum absolute atomic E-state index is 12.5. The Kier molecular flexibility index (Phi) is 6.20. The maximum Gasteiger partial charge on any atom is 0.337 e. The number of amides is 3. The van der Waals surface area contributed by atoms with Gasteiger partial charge >= 0.3 is 18.0 Å². The third-order valence-corrected chi connectivity index (χ3v) is 7.08. The largest absolute Gasteiger partial charge is 0.463 e. The van der Waals surface area contributed by atoms with E-state index in [2.05, 4.69) is 16.0 Å². The van der Waals surface area contributed by atoms with E-state index < -0.39 is 18.0 Å². The Hall–Kier alpha value is -2.58. The lowest BCUT2D eigenvalue weighted by Crippen LogP contribution is -2.48. The molecule has 4 aliphatic carbocycles. The second kappa shape index (κ2) is 8.88. The summed E-state index contributed by atoms with van der Waals surface area (Å²) in [7, 11) is 0. The molecule has 1 aliphatic heterocycles. The summed E-state index contributed by atoms with van der Waals surface area (Å²) in [6.45, 7) is 1.36. The number of rotatable bonds is 8. The van der Waals surface area contributed by atoms with Crippen LogP contribution in [-0.2, 0) is 23.9 Å². The first-order valence-electron chi connectivity index (χ1n) is 11.2. The number of carbonyl (C=O) groups is 4. The van der Waals surface area contributed by atoms with E-state index in [0.29, 0.717) is 6.42 Å². The highest BCUT2D eigenvalue weighted by atomic mass is 16.5. The van der Waals surface area contributed by atoms with Crippen LogP contribution in [0.25, 0.3) is 0 Å². The van der Waals surface area contributed by atoms with E-state index in [1.165, 1.54) is 19.3 Å². The third-order valence-electron chi connectivity index (χ3n) is 7.08. The second-order valence-corrected chi connectivity index (χ2v) is 9.52. The van der Waals surface area contributed by atoms with Crippen LogP contribution in [0.5, 0.6) is 0 Å². The number of carbonyl (C=O) groups excluding carboxylic acids is 4. The monoisotopic (exact) mass is 433 g/mol. The van der Waals surface area contributed by atoms with Crippen molar-refractivity contribution in [2.45, 2.75) is 51.9 Å². The average molecular weight is 434 g/mol. The van der Waals surface area contributed by atoms with E-state index in [1.54, 1.807) is 6.92 Å². The van der Waals surface area contributed by atoms with Gasteiger partial charge in [-0.1, -0.05) is 0 Å². The van der Waals surface area contributed by atoms with Crippen molar-refractivity contribution in [3.63, 3.8) is 0 Å². The van der Waals surface area contributed by atoms with E-state index in [1.807, 2.05) is 0 Å². The van der Waals surface area contributed by atoms with Crippen molar-refractivity contribution < 1.29 is 28.7 Å². The van der Waals surface area contributed by atoms with Crippen LogP contribution in [0, 0.1) is 23.2 Å². The van der Waals surface area contributed by atoms with Gasteiger partial charge in [-0.2, -0.15) is 0 Å². The zero-order chi connectivity index (χ0) is 22.0. The highest BCUT2D eigenvalue weighted by Crippen LogP contribution is 2.61. The van der Waals surface area contributed by atoms with Crippen LogP contribution >= 0.6 is 0 Å². The molecular formula is C22H31N3O6. The molecule has 0 spiro atoms. The van der Waals surface area contributed by atoms with Gasteiger partial charge in [0.1, 0.15) is 13.2 Å². The first kappa shape index (κ1) is 21.6. The number of nitrogens with one attached hydrogen (secondary N) is 3. The molecule has 0 radical (unpaired) electrons. The summed E-state index contributed by atoms with van der Waals surface area (Å²) in [5.74, 6) is 0.996. The van der Waals surface area contributed by atoms with Gasteiger partial charge in [0.25, 0.3) is 0 Å². The number of esters is 2. The van der Waals surface area contributed by atoms with Crippen molar-refractivity contribution in [2.24, 2.45) is 23.2 Å². The van der Waals surface area contributed by atoms with Gasteiger partial charge in [-0.15, -0.1) is 0 Å². The van der Waals surface area contributed by atoms with Gasteiger partial charge in [0, 0.05) is 6.42 Å². The van der Waals surface area contributed by atoms with E-state index in [4.69, 9.17) is 9.47 Å². The Morgan fingerprint density at radius 1 is 1.06 bits per heavy atom. The molecule has 3 N–H and O–H groups in total.